The minimum absolute atomic E-state index is 0.0257. The molecule has 0 aliphatic carbocycles. The van der Waals surface area contributed by atoms with Crippen LogP contribution in [0.5, 0.6) is 0 Å². The highest BCUT2D eigenvalue weighted by molar-refractivity contribution is 6.30. The summed E-state index contributed by atoms with van der Waals surface area (Å²) in [5, 5.41) is 8.47. The normalized spacial score (nSPS) is 24.3. The second kappa shape index (κ2) is 12.3. The topological polar surface area (TPSA) is 71.7 Å². The van der Waals surface area contributed by atoms with Gasteiger partial charge in [-0.25, -0.2) is 10.0 Å². The van der Waals surface area contributed by atoms with E-state index in [4.69, 9.17) is 16.3 Å². The predicted octanol–water partition coefficient (Wildman–Crippen LogP) is 3.86. The quantitative estimate of drug-likeness (QED) is 0.351. The smallest absolute Gasteiger partial charge is 0.246 e. The highest BCUT2D eigenvalue weighted by atomic mass is 35.5. The SMILES string of the molecule is CCCN(C1OC1NCc1ccccc1)N1CC(=O)N2[C@@H](Cc3ccccc3)C(=O)N(Cc3cccc(Cl)c3)C[C@@H]21. The Balaban J connectivity index is 1.24. The molecule has 214 valence electrons. The number of epoxide rings is 1. The number of nitrogens with zero attached hydrogens (tertiary/aromatic N) is 4. The third-order valence-electron chi connectivity index (χ3n) is 8.00. The molecule has 0 bridgehead atoms. The number of benzene rings is 3. The molecule has 0 aromatic heterocycles. The number of hydrogen-bond donors (Lipinski definition) is 1. The Morgan fingerprint density at radius 3 is 2.37 bits per heavy atom. The van der Waals surface area contributed by atoms with Gasteiger partial charge in [0.05, 0.1) is 13.1 Å². The number of carbonyl (C=O) groups is 2. The number of hydrogen-bond acceptors (Lipinski definition) is 6. The molecule has 0 saturated carbocycles. The molecule has 9 heteroatoms. The molecule has 3 heterocycles. The van der Waals surface area contributed by atoms with Crippen LogP contribution in [0.1, 0.15) is 30.0 Å². The lowest BCUT2D eigenvalue weighted by atomic mass is 10.00. The molecule has 4 atom stereocenters. The second-order valence-electron chi connectivity index (χ2n) is 10.9. The van der Waals surface area contributed by atoms with Crippen molar-refractivity contribution in [2.45, 2.75) is 57.5 Å². The van der Waals surface area contributed by atoms with E-state index < -0.39 is 6.04 Å². The minimum atomic E-state index is -0.580. The van der Waals surface area contributed by atoms with E-state index in [9.17, 15) is 9.59 Å². The van der Waals surface area contributed by atoms with Gasteiger partial charge in [-0.1, -0.05) is 91.3 Å². The van der Waals surface area contributed by atoms with Crippen LogP contribution in [0.4, 0.5) is 0 Å². The average Bonchev–Trinajstić information content (AvgIpc) is 3.68. The maximum atomic E-state index is 14.0. The van der Waals surface area contributed by atoms with Gasteiger partial charge < -0.3 is 14.5 Å². The Labute approximate surface area is 246 Å². The summed E-state index contributed by atoms with van der Waals surface area (Å²) in [7, 11) is 0. The standard InChI is InChI=1S/C32H36ClN5O3/c1-2-16-36(32-30(41-32)34-19-24-12-7-4-8-13-24)37-22-29(39)38-27(18-23-10-5-3-6-11-23)31(40)35(21-28(37)38)20-25-14-9-15-26(33)17-25/h3-15,17,27-28,30,32,34H,2,16,18-22H2,1H3/t27-,28+,30?,32?/m0/s1. The van der Waals surface area contributed by atoms with Crippen molar-refractivity contribution < 1.29 is 14.3 Å². The van der Waals surface area contributed by atoms with Crippen LogP contribution >= 0.6 is 11.6 Å². The summed E-state index contributed by atoms with van der Waals surface area (Å²) >= 11 is 6.27. The molecule has 6 rings (SSSR count). The predicted molar refractivity (Wildman–Crippen MR) is 157 cm³/mol. The molecule has 2 unspecified atom stereocenters. The first-order valence-corrected chi connectivity index (χ1v) is 14.7. The van der Waals surface area contributed by atoms with E-state index >= 15 is 0 Å². The summed E-state index contributed by atoms with van der Waals surface area (Å²) in [6.07, 6.45) is 0.799. The van der Waals surface area contributed by atoms with Gasteiger partial charge in [0.15, 0.2) is 12.5 Å². The highest BCUT2D eigenvalue weighted by Gasteiger charge is 2.55. The zero-order chi connectivity index (χ0) is 28.3. The van der Waals surface area contributed by atoms with Gasteiger partial charge in [-0.15, -0.1) is 0 Å². The molecular weight excluding hydrogens is 538 g/mol. The Morgan fingerprint density at radius 1 is 0.951 bits per heavy atom. The van der Waals surface area contributed by atoms with E-state index in [-0.39, 0.29) is 37.0 Å². The first kappa shape index (κ1) is 27.9. The second-order valence-corrected chi connectivity index (χ2v) is 11.3. The monoisotopic (exact) mass is 573 g/mol. The summed E-state index contributed by atoms with van der Waals surface area (Å²) in [5.41, 5.74) is 3.19. The molecule has 1 N–H and O–H groups in total. The molecule has 41 heavy (non-hydrogen) atoms. The fraction of sp³-hybridized carbons (Fsp3) is 0.375. The van der Waals surface area contributed by atoms with Crippen molar-refractivity contribution >= 4 is 23.4 Å². The van der Waals surface area contributed by atoms with Gasteiger partial charge in [-0.2, -0.15) is 0 Å². The number of halogens is 1. The highest BCUT2D eigenvalue weighted by Crippen LogP contribution is 2.34. The number of ether oxygens (including phenoxy) is 1. The van der Waals surface area contributed by atoms with Crippen LogP contribution in [0.15, 0.2) is 84.9 Å². The molecule has 3 fully saturated rings. The molecule has 8 nitrogen and oxygen atoms in total. The van der Waals surface area contributed by atoms with E-state index in [1.165, 1.54) is 5.56 Å². The first-order chi connectivity index (χ1) is 20.0. The van der Waals surface area contributed by atoms with E-state index in [2.05, 4.69) is 34.4 Å². The van der Waals surface area contributed by atoms with Crippen LogP contribution in [0.3, 0.4) is 0 Å². The number of fused-ring (bicyclic) bond motifs is 1. The number of amides is 2. The van der Waals surface area contributed by atoms with Crippen LogP contribution in [-0.2, 0) is 33.8 Å². The summed E-state index contributed by atoms with van der Waals surface area (Å²) in [6.45, 7) is 4.66. The molecular formula is C32H36ClN5O3. The van der Waals surface area contributed by atoms with Gasteiger partial charge >= 0.3 is 0 Å². The van der Waals surface area contributed by atoms with Gasteiger partial charge in [0.2, 0.25) is 11.8 Å². The molecule has 3 aromatic rings. The number of hydrazine groups is 1. The van der Waals surface area contributed by atoms with Crippen LogP contribution < -0.4 is 5.32 Å². The van der Waals surface area contributed by atoms with Gasteiger partial charge in [0.1, 0.15) is 12.2 Å². The van der Waals surface area contributed by atoms with Crippen LogP contribution in [0.25, 0.3) is 0 Å². The van der Waals surface area contributed by atoms with Gasteiger partial charge in [0.25, 0.3) is 0 Å². The van der Waals surface area contributed by atoms with Gasteiger partial charge in [0, 0.05) is 31.1 Å². The lowest BCUT2D eigenvalue weighted by Crippen LogP contribution is -2.65. The largest absolute Gasteiger partial charge is 0.335 e. The maximum Gasteiger partial charge on any atom is 0.246 e. The van der Waals surface area contributed by atoms with E-state index in [1.54, 1.807) is 0 Å². The van der Waals surface area contributed by atoms with Crippen molar-refractivity contribution in [2.24, 2.45) is 0 Å². The fourth-order valence-electron chi connectivity index (χ4n) is 6.02. The van der Waals surface area contributed by atoms with Crippen molar-refractivity contribution in [3.05, 3.63) is 107 Å². The van der Waals surface area contributed by atoms with Crippen LogP contribution in [0.2, 0.25) is 5.02 Å². The fourth-order valence-corrected chi connectivity index (χ4v) is 6.24. The molecule has 0 spiro atoms. The first-order valence-electron chi connectivity index (χ1n) is 14.4. The molecule has 3 aliphatic rings. The van der Waals surface area contributed by atoms with Crippen molar-refractivity contribution in [3.63, 3.8) is 0 Å². The average molecular weight is 574 g/mol. The number of piperazine rings is 1. The molecule has 2 amide bonds. The number of carbonyl (C=O) groups excluding carboxylic acids is 2. The third kappa shape index (κ3) is 6.17. The Morgan fingerprint density at radius 2 is 1.66 bits per heavy atom. The zero-order valence-corrected chi connectivity index (χ0v) is 24.0. The summed E-state index contributed by atoms with van der Waals surface area (Å²) in [5.74, 6) is -0.0605. The van der Waals surface area contributed by atoms with Crippen molar-refractivity contribution in [2.75, 3.05) is 19.6 Å². The van der Waals surface area contributed by atoms with E-state index in [1.807, 2.05) is 82.6 Å². The van der Waals surface area contributed by atoms with Crippen LogP contribution in [-0.4, -0.2) is 75.9 Å². The summed E-state index contributed by atoms with van der Waals surface area (Å²) in [6, 6.07) is 27.2. The van der Waals surface area contributed by atoms with Crippen molar-refractivity contribution in [1.29, 1.82) is 0 Å². The van der Waals surface area contributed by atoms with Gasteiger partial charge in [-0.3, -0.25) is 14.9 Å². The third-order valence-corrected chi connectivity index (χ3v) is 8.23. The van der Waals surface area contributed by atoms with Crippen LogP contribution in [0, 0.1) is 0 Å². The zero-order valence-electron chi connectivity index (χ0n) is 23.2. The Hall–Kier alpha value is -3.27. The Kier molecular flexibility index (Phi) is 8.37. The molecule has 0 radical (unpaired) electrons. The maximum absolute atomic E-state index is 14.0. The summed E-state index contributed by atoms with van der Waals surface area (Å²) < 4.78 is 6.11. The number of nitrogens with one attached hydrogen (secondary N) is 1. The molecule has 3 aliphatic heterocycles. The molecule has 3 saturated heterocycles. The van der Waals surface area contributed by atoms with E-state index in [0.717, 1.165) is 24.1 Å². The summed E-state index contributed by atoms with van der Waals surface area (Å²) in [4.78, 5) is 31.3. The van der Waals surface area contributed by atoms with Crippen molar-refractivity contribution in [3.8, 4) is 0 Å². The van der Waals surface area contributed by atoms with Gasteiger partial charge in [-0.05, 0) is 35.2 Å². The minimum Gasteiger partial charge on any atom is -0.335 e. The number of rotatable bonds is 11. The Bertz CT molecular complexity index is 1360. The van der Waals surface area contributed by atoms with E-state index in [0.29, 0.717) is 31.1 Å². The lowest BCUT2D eigenvalue weighted by Gasteiger charge is -2.46. The van der Waals surface area contributed by atoms with Crippen molar-refractivity contribution in [1.82, 2.24) is 25.1 Å². The molecule has 3 aromatic carbocycles. The lowest BCUT2D eigenvalue weighted by molar-refractivity contribution is -0.162.